The molecule has 0 aromatic heterocycles. The van der Waals surface area contributed by atoms with E-state index < -0.39 is 10.0 Å². The van der Waals surface area contributed by atoms with Gasteiger partial charge in [0.2, 0.25) is 10.0 Å². The average molecular weight is 149 g/mol. The maximum absolute atomic E-state index is 10.7. The molecule has 0 radical (unpaired) electrons. The van der Waals surface area contributed by atoms with E-state index in [1.807, 2.05) is 6.92 Å². The number of hydrogen-bond donors (Lipinski definition) is 1. The van der Waals surface area contributed by atoms with Crippen LogP contribution in [0.5, 0.6) is 0 Å². The van der Waals surface area contributed by atoms with Crippen molar-refractivity contribution in [2.24, 2.45) is 5.92 Å². The van der Waals surface area contributed by atoms with Crippen molar-refractivity contribution in [2.45, 2.75) is 13.3 Å². The van der Waals surface area contributed by atoms with Gasteiger partial charge in [-0.1, -0.05) is 13.3 Å². The van der Waals surface area contributed by atoms with Crippen molar-refractivity contribution in [1.82, 2.24) is 4.72 Å². The first-order valence-electron chi connectivity index (χ1n) is 3.11. The molecule has 1 heterocycles. The van der Waals surface area contributed by atoms with Crippen LogP contribution >= 0.6 is 0 Å². The molecule has 0 aliphatic carbocycles. The molecule has 1 saturated heterocycles. The zero-order valence-corrected chi connectivity index (χ0v) is 6.24. The molecule has 0 amide bonds. The molecule has 9 heavy (non-hydrogen) atoms. The van der Waals surface area contributed by atoms with Crippen LogP contribution in [0.3, 0.4) is 0 Å². The molecule has 4 heteroatoms. The fourth-order valence-corrected chi connectivity index (χ4v) is 2.52. The fourth-order valence-electron chi connectivity index (χ4n) is 0.935. The summed E-state index contributed by atoms with van der Waals surface area (Å²) in [6, 6.07) is 0. The van der Waals surface area contributed by atoms with Crippen molar-refractivity contribution in [1.29, 1.82) is 0 Å². The van der Waals surface area contributed by atoms with Crippen LogP contribution in [-0.4, -0.2) is 20.7 Å². The maximum atomic E-state index is 10.7. The van der Waals surface area contributed by atoms with Gasteiger partial charge in [-0.15, -0.1) is 0 Å². The lowest BCUT2D eigenvalue weighted by Crippen LogP contribution is -2.15. The van der Waals surface area contributed by atoms with Gasteiger partial charge in [-0.2, -0.15) is 0 Å². The zero-order chi connectivity index (χ0) is 6.91. The van der Waals surface area contributed by atoms with E-state index in [9.17, 15) is 8.42 Å². The van der Waals surface area contributed by atoms with Crippen LogP contribution in [0.25, 0.3) is 0 Å². The van der Waals surface area contributed by atoms with E-state index in [-0.39, 0.29) is 0 Å². The van der Waals surface area contributed by atoms with Crippen molar-refractivity contribution >= 4 is 10.0 Å². The molecule has 0 spiro atoms. The number of hydrogen-bond acceptors (Lipinski definition) is 2. The third-order valence-corrected chi connectivity index (χ3v) is 3.14. The molecule has 0 saturated carbocycles. The molecular weight excluding hydrogens is 138 g/mol. The predicted molar refractivity (Wildman–Crippen MR) is 35.6 cm³/mol. The molecule has 1 rings (SSSR count). The highest BCUT2D eigenvalue weighted by atomic mass is 32.2. The van der Waals surface area contributed by atoms with E-state index in [4.69, 9.17) is 0 Å². The molecule has 0 bridgehead atoms. The Labute approximate surface area is 55.5 Å². The first kappa shape index (κ1) is 7.02. The average Bonchev–Trinajstić information content (AvgIpc) is 2.10. The Hall–Kier alpha value is -0.0900. The number of sulfonamides is 1. The summed E-state index contributed by atoms with van der Waals surface area (Å²) in [5.74, 6) is 0.666. The Morgan fingerprint density at radius 1 is 1.67 bits per heavy atom. The van der Waals surface area contributed by atoms with Gasteiger partial charge in [-0.3, -0.25) is 0 Å². The summed E-state index contributed by atoms with van der Waals surface area (Å²) in [6.07, 6.45) is 0.951. The van der Waals surface area contributed by atoms with Gasteiger partial charge in [0, 0.05) is 6.54 Å². The van der Waals surface area contributed by atoms with Crippen molar-refractivity contribution in [3.63, 3.8) is 0 Å². The molecule has 1 atom stereocenters. The molecule has 1 aliphatic heterocycles. The monoisotopic (exact) mass is 149 g/mol. The minimum atomic E-state index is -2.86. The highest BCUT2D eigenvalue weighted by Gasteiger charge is 2.25. The summed E-state index contributed by atoms with van der Waals surface area (Å²) >= 11 is 0. The minimum absolute atomic E-state index is 0.323. The van der Waals surface area contributed by atoms with E-state index in [0.717, 1.165) is 6.42 Å². The van der Waals surface area contributed by atoms with Crippen molar-refractivity contribution in [3.05, 3.63) is 0 Å². The van der Waals surface area contributed by atoms with Crippen molar-refractivity contribution in [2.75, 3.05) is 12.3 Å². The Kier molecular flexibility index (Phi) is 1.77. The second-order valence-electron chi connectivity index (χ2n) is 2.40. The predicted octanol–water partition coefficient (Wildman–Crippen LogP) is -0.0544. The highest BCUT2D eigenvalue weighted by molar-refractivity contribution is 7.89. The van der Waals surface area contributed by atoms with Gasteiger partial charge in [0.1, 0.15) is 0 Å². The van der Waals surface area contributed by atoms with Gasteiger partial charge in [-0.05, 0) is 5.92 Å². The van der Waals surface area contributed by atoms with Gasteiger partial charge in [0.05, 0.1) is 5.75 Å². The molecular formula is C5H11NO2S. The van der Waals surface area contributed by atoms with E-state index in [0.29, 0.717) is 18.2 Å². The lowest BCUT2D eigenvalue weighted by atomic mass is 10.1. The third-order valence-electron chi connectivity index (χ3n) is 1.62. The topological polar surface area (TPSA) is 46.2 Å². The van der Waals surface area contributed by atoms with Crippen molar-refractivity contribution < 1.29 is 8.42 Å². The molecule has 1 aliphatic rings. The van der Waals surface area contributed by atoms with Crippen LogP contribution in [0, 0.1) is 5.92 Å². The lowest BCUT2D eigenvalue weighted by molar-refractivity contribution is 0.588. The van der Waals surface area contributed by atoms with Crippen molar-refractivity contribution in [3.8, 4) is 0 Å². The van der Waals surface area contributed by atoms with Crippen LogP contribution in [-0.2, 0) is 10.0 Å². The van der Waals surface area contributed by atoms with Crippen LogP contribution in [0.15, 0.2) is 0 Å². The van der Waals surface area contributed by atoms with Crippen LogP contribution in [0.2, 0.25) is 0 Å². The molecule has 1 N–H and O–H groups in total. The largest absolute Gasteiger partial charge is 0.215 e. The number of rotatable bonds is 1. The summed E-state index contributed by atoms with van der Waals surface area (Å²) < 4.78 is 23.8. The van der Waals surface area contributed by atoms with Crippen LogP contribution in [0.4, 0.5) is 0 Å². The number of nitrogens with one attached hydrogen (secondary N) is 1. The smallest absolute Gasteiger partial charge is 0.211 e. The fraction of sp³-hybridized carbons (Fsp3) is 1.00. The SMILES string of the molecule is CCC1CNS(=O)(=O)C1. The molecule has 1 fully saturated rings. The first-order valence-corrected chi connectivity index (χ1v) is 4.76. The Bertz CT molecular complexity index is 185. The standard InChI is InChI=1S/C5H11NO2S/c1-2-5-3-6-9(7,8)4-5/h5-6H,2-4H2,1H3. The van der Waals surface area contributed by atoms with Gasteiger partial charge < -0.3 is 0 Å². The summed E-state index contributed by atoms with van der Waals surface area (Å²) in [6.45, 7) is 2.64. The first-order chi connectivity index (χ1) is 4.14. The molecule has 54 valence electrons. The Balaban J connectivity index is 2.58. The normalized spacial score (nSPS) is 32.8. The van der Waals surface area contributed by atoms with Gasteiger partial charge in [0.15, 0.2) is 0 Å². The van der Waals surface area contributed by atoms with Gasteiger partial charge in [0.25, 0.3) is 0 Å². The second-order valence-corrected chi connectivity index (χ2v) is 4.26. The van der Waals surface area contributed by atoms with Gasteiger partial charge in [-0.25, -0.2) is 13.1 Å². The summed E-state index contributed by atoms with van der Waals surface area (Å²) in [5, 5.41) is 0. The van der Waals surface area contributed by atoms with Crippen LogP contribution in [0.1, 0.15) is 13.3 Å². The van der Waals surface area contributed by atoms with E-state index in [1.165, 1.54) is 0 Å². The quantitative estimate of drug-likeness (QED) is 0.568. The third kappa shape index (κ3) is 1.66. The second kappa shape index (κ2) is 2.27. The summed E-state index contributed by atoms with van der Waals surface area (Å²) in [7, 11) is -2.86. The zero-order valence-electron chi connectivity index (χ0n) is 5.42. The summed E-state index contributed by atoms with van der Waals surface area (Å²) in [4.78, 5) is 0. The lowest BCUT2D eigenvalue weighted by Gasteiger charge is -1.96. The summed E-state index contributed by atoms with van der Waals surface area (Å²) in [5.41, 5.74) is 0. The maximum Gasteiger partial charge on any atom is 0.211 e. The Morgan fingerprint density at radius 3 is 2.56 bits per heavy atom. The van der Waals surface area contributed by atoms with E-state index >= 15 is 0 Å². The Morgan fingerprint density at radius 2 is 2.33 bits per heavy atom. The van der Waals surface area contributed by atoms with Crippen LogP contribution < -0.4 is 4.72 Å². The molecule has 0 aromatic rings. The minimum Gasteiger partial charge on any atom is -0.215 e. The van der Waals surface area contributed by atoms with Gasteiger partial charge >= 0.3 is 0 Å². The van der Waals surface area contributed by atoms with E-state index in [2.05, 4.69) is 4.72 Å². The van der Waals surface area contributed by atoms with E-state index in [1.54, 1.807) is 0 Å². The molecule has 0 aromatic carbocycles. The molecule has 3 nitrogen and oxygen atoms in total. The highest BCUT2D eigenvalue weighted by Crippen LogP contribution is 2.10. The molecule has 1 unspecified atom stereocenters.